The first-order chi connectivity index (χ1) is 16.4. The van der Waals surface area contributed by atoms with E-state index in [1.54, 1.807) is 0 Å². The predicted molar refractivity (Wildman–Crippen MR) is 131 cm³/mol. The largest absolute Gasteiger partial charge is 0.467 e. The highest BCUT2D eigenvalue weighted by atomic mass is 35.5. The molecular weight excluding hydrogens is 454 g/mol. The molecule has 182 valence electrons. The van der Waals surface area contributed by atoms with Gasteiger partial charge in [-0.15, -0.1) is 0 Å². The molecule has 2 aromatic rings. The number of methoxy groups -OCH3 is 1. The maximum absolute atomic E-state index is 13.1. The first kappa shape index (κ1) is 23.3. The fourth-order valence-corrected chi connectivity index (χ4v) is 6.58. The molecule has 1 spiro atoms. The molecule has 1 fully saturated rings. The van der Waals surface area contributed by atoms with Crippen molar-refractivity contribution in [1.29, 1.82) is 0 Å². The van der Waals surface area contributed by atoms with Crippen LogP contribution >= 0.6 is 11.6 Å². The minimum Gasteiger partial charge on any atom is -0.467 e. The number of aliphatic hydroxyl groups is 1. The van der Waals surface area contributed by atoms with Gasteiger partial charge in [0, 0.05) is 17.3 Å². The third-order valence-corrected chi connectivity index (χ3v) is 8.40. The minimum absolute atomic E-state index is 0.0761. The van der Waals surface area contributed by atoms with E-state index in [0.717, 1.165) is 42.9 Å². The van der Waals surface area contributed by atoms with Crippen LogP contribution in [0.5, 0.6) is 11.5 Å². The van der Waals surface area contributed by atoms with E-state index in [0.29, 0.717) is 23.8 Å². The van der Waals surface area contributed by atoms with Crippen LogP contribution in [0.1, 0.15) is 50.2 Å². The second-order valence-corrected chi connectivity index (χ2v) is 10.6. The van der Waals surface area contributed by atoms with Crippen molar-refractivity contribution in [3.05, 3.63) is 52.5 Å². The van der Waals surface area contributed by atoms with Gasteiger partial charge in [-0.2, -0.15) is 0 Å². The molecule has 6 nitrogen and oxygen atoms in total. The van der Waals surface area contributed by atoms with Gasteiger partial charge in [0.25, 0.3) is 0 Å². The molecule has 1 saturated carbocycles. The highest BCUT2D eigenvalue weighted by Crippen LogP contribution is 2.58. The van der Waals surface area contributed by atoms with Gasteiger partial charge in [-0.3, -0.25) is 0 Å². The van der Waals surface area contributed by atoms with Crippen molar-refractivity contribution < 1.29 is 24.1 Å². The number of fused-ring (bicyclic) bond motifs is 3. The predicted octanol–water partition coefficient (Wildman–Crippen LogP) is 5.10. The Kier molecular flexibility index (Phi) is 6.15. The molecule has 0 bridgehead atoms. The van der Waals surface area contributed by atoms with Crippen LogP contribution in [-0.4, -0.2) is 37.1 Å². The number of halogens is 1. The van der Waals surface area contributed by atoms with E-state index in [1.807, 2.05) is 24.3 Å². The van der Waals surface area contributed by atoms with Crippen molar-refractivity contribution in [2.24, 2.45) is 11.8 Å². The van der Waals surface area contributed by atoms with E-state index in [1.165, 1.54) is 18.2 Å². The van der Waals surface area contributed by atoms with Crippen molar-refractivity contribution in [2.75, 3.05) is 25.8 Å². The lowest BCUT2D eigenvalue weighted by atomic mass is 9.59. The molecule has 1 unspecified atom stereocenters. The average Bonchev–Trinajstić information content (AvgIpc) is 3.41. The highest BCUT2D eigenvalue weighted by molar-refractivity contribution is 6.30. The third kappa shape index (κ3) is 3.91. The molecule has 7 heteroatoms. The third-order valence-electron chi connectivity index (χ3n) is 8.16. The molecule has 2 aliphatic carbocycles. The van der Waals surface area contributed by atoms with E-state index >= 15 is 0 Å². The van der Waals surface area contributed by atoms with E-state index < -0.39 is 5.54 Å². The quantitative estimate of drug-likeness (QED) is 0.555. The Hall–Kier alpha value is -2.44. The standard InChI is InChI=1S/C27H32ClNO5/c1-17(15-30)10-19-11-18-12-23-24(34-16-33-23)14-22(18)26(19)6-8-27(9-7-26,25(31)32-2)29-21-5-3-4-20(28)13-21/h3-5,12-14,17,19,29-30H,6-11,15-16H2,1-2H3/t17-,19?,26?,27?/m1/s1. The summed E-state index contributed by atoms with van der Waals surface area (Å²) in [6.45, 7) is 2.53. The Bertz CT molecular complexity index is 1080. The Balaban J connectivity index is 1.48. The molecule has 3 aliphatic rings. The molecule has 2 N–H and O–H groups in total. The summed E-state index contributed by atoms with van der Waals surface area (Å²) < 4.78 is 16.7. The van der Waals surface area contributed by atoms with Crippen LogP contribution in [0, 0.1) is 11.8 Å². The molecule has 0 radical (unpaired) electrons. The SMILES string of the molecule is COC(=O)C1(Nc2cccc(Cl)c2)CCC2(CC1)c1cc3c(cc1CC2C[C@@H](C)CO)OCO3. The maximum Gasteiger partial charge on any atom is 0.331 e. The Morgan fingerprint density at radius 1 is 1.21 bits per heavy atom. The number of carbonyl (C=O) groups excluding carboxylic acids is 1. The van der Waals surface area contributed by atoms with Gasteiger partial charge < -0.3 is 24.6 Å². The number of aliphatic hydroxyl groups excluding tert-OH is 1. The zero-order valence-electron chi connectivity index (χ0n) is 19.7. The van der Waals surface area contributed by atoms with Crippen LogP contribution < -0.4 is 14.8 Å². The van der Waals surface area contributed by atoms with Crippen LogP contribution in [0.2, 0.25) is 5.02 Å². The molecular formula is C27H32ClNO5. The Labute approximate surface area is 205 Å². The van der Waals surface area contributed by atoms with Gasteiger partial charge in [0.1, 0.15) is 5.54 Å². The Morgan fingerprint density at radius 2 is 1.94 bits per heavy atom. The average molecular weight is 486 g/mol. The lowest BCUT2D eigenvalue weighted by Crippen LogP contribution is -2.53. The molecule has 0 saturated heterocycles. The van der Waals surface area contributed by atoms with Crippen LogP contribution in [0.4, 0.5) is 5.69 Å². The number of benzene rings is 2. The highest BCUT2D eigenvalue weighted by Gasteiger charge is 2.54. The number of hydrogen-bond acceptors (Lipinski definition) is 6. The lowest BCUT2D eigenvalue weighted by molar-refractivity contribution is -0.148. The van der Waals surface area contributed by atoms with Crippen LogP contribution in [-0.2, 0) is 21.4 Å². The fourth-order valence-electron chi connectivity index (χ4n) is 6.38. The van der Waals surface area contributed by atoms with Gasteiger partial charge in [-0.25, -0.2) is 4.79 Å². The van der Waals surface area contributed by atoms with Crippen molar-refractivity contribution in [2.45, 2.75) is 56.4 Å². The molecule has 2 atom stereocenters. The van der Waals surface area contributed by atoms with Gasteiger partial charge in [-0.1, -0.05) is 24.6 Å². The van der Waals surface area contributed by atoms with Crippen LogP contribution in [0.15, 0.2) is 36.4 Å². The first-order valence-electron chi connectivity index (χ1n) is 12.1. The molecule has 5 rings (SSSR count). The minimum atomic E-state index is -0.809. The zero-order valence-corrected chi connectivity index (χ0v) is 20.5. The van der Waals surface area contributed by atoms with Crippen molar-refractivity contribution in [1.82, 2.24) is 0 Å². The smallest absolute Gasteiger partial charge is 0.331 e. The van der Waals surface area contributed by atoms with Crippen LogP contribution in [0.3, 0.4) is 0 Å². The summed E-state index contributed by atoms with van der Waals surface area (Å²) in [6.07, 6.45) is 4.85. The number of nitrogens with one attached hydrogen (secondary N) is 1. The summed E-state index contributed by atoms with van der Waals surface area (Å²) in [5.74, 6) is 1.97. The maximum atomic E-state index is 13.1. The topological polar surface area (TPSA) is 77.0 Å². The second-order valence-electron chi connectivity index (χ2n) is 10.2. The normalized spacial score (nSPS) is 27.9. The number of anilines is 1. The lowest BCUT2D eigenvalue weighted by Gasteiger charge is -2.47. The van der Waals surface area contributed by atoms with Crippen molar-refractivity contribution in [3.8, 4) is 11.5 Å². The summed E-state index contributed by atoms with van der Waals surface area (Å²) in [7, 11) is 1.45. The van der Waals surface area contributed by atoms with Gasteiger partial charge in [0.15, 0.2) is 11.5 Å². The molecule has 1 aliphatic heterocycles. The van der Waals surface area contributed by atoms with Gasteiger partial charge in [0.05, 0.1) is 7.11 Å². The molecule has 0 aromatic heterocycles. The summed E-state index contributed by atoms with van der Waals surface area (Å²) in [5.41, 5.74) is 2.54. The van der Waals surface area contributed by atoms with Crippen molar-refractivity contribution in [3.63, 3.8) is 0 Å². The Morgan fingerprint density at radius 3 is 2.62 bits per heavy atom. The second kappa shape index (κ2) is 8.97. The molecule has 0 amide bonds. The van der Waals surface area contributed by atoms with Gasteiger partial charge in [-0.05, 0) is 97.2 Å². The summed E-state index contributed by atoms with van der Waals surface area (Å²) in [5, 5.41) is 13.9. The van der Waals surface area contributed by atoms with E-state index in [4.69, 9.17) is 25.8 Å². The summed E-state index contributed by atoms with van der Waals surface area (Å²) in [4.78, 5) is 13.1. The summed E-state index contributed by atoms with van der Waals surface area (Å²) in [6, 6.07) is 11.8. The van der Waals surface area contributed by atoms with Crippen LogP contribution in [0.25, 0.3) is 0 Å². The van der Waals surface area contributed by atoms with Crippen molar-refractivity contribution >= 4 is 23.3 Å². The van der Waals surface area contributed by atoms with E-state index in [-0.39, 0.29) is 30.7 Å². The molecule has 34 heavy (non-hydrogen) atoms. The number of esters is 1. The number of ether oxygens (including phenoxy) is 3. The van der Waals surface area contributed by atoms with E-state index in [2.05, 4.69) is 24.4 Å². The number of rotatable bonds is 6. The number of hydrogen-bond donors (Lipinski definition) is 2. The zero-order chi connectivity index (χ0) is 23.9. The molecule has 2 aromatic carbocycles. The summed E-state index contributed by atoms with van der Waals surface area (Å²) >= 11 is 6.21. The first-order valence-corrected chi connectivity index (χ1v) is 12.4. The molecule has 1 heterocycles. The number of carbonyl (C=O) groups is 1. The van der Waals surface area contributed by atoms with Gasteiger partial charge in [0.2, 0.25) is 6.79 Å². The van der Waals surface area contributed by atoms with Gasteiger partial charge >= 0.3 is 5.97 Å². The van der Waals surface area contributed by atoms with E-state index in [9.17, 15) is 9.90 Å². The monoisotopic (exact) mass is 485 g/mol. The fraction of sp³-hybridized carbons (Fsp3) is 0.519.